The van der Waals surface area contributed by atoms with Gasteiger partial charge in [0.25, 0.3) is 0 Å². The fourth-order valence-electron chi connectivity index (χ4n) is 5.24. The summed E-state index contributed by atoms with van der Waals surface area (Å²) in [5.41, 5.74) is 6.05. The molecule has 0 unspecified atom stereocenters. The Morgan fingerprint density at radius 1 is 0.614 bits per heavy atom. The topological polar surface area (TPSA) is 35.6 Å². The van der Waals surface area contributed by atoms with Crippen LogP contribution in [0.2, 0.25) is 39.3 Å². The standard InChI is InChI=1S/C29H29N4.2C4H11Si.Sc/c1-21-19-23(3)32(30-21)28(33-24(4)20-22(2)31-33)29(27-17-11-12-18-27,25-13-7-5-8-14-25)26-15-9-6-10-16-26;2*1-5(2,3)4;/h5-20,28H,1-4H3;2*1H2,2-4H3;/q;2*-1;+3. The maximum Gasteiger partial charge on any atom is 3.00 e. The molecule has 1 fully saturated rings. The Morgan fingerprint density at radius 3 is 1.20 bits per heavy atom. The number of aromatic nitrogens is 4. The van der Waals surface area contributed by atoms with E-state index in [1.165, 1.54) is 17.0 Å². The van der Waals surface area contributed by atoms with Crippen molar-refractivity contribution in [2.24, 2.45) is 0 Å². The van der Waals surface area contributed by atoms with Crippen LogP contribution in [0.1, 0.15) is 40.1 Å². The van der Waals surface area contributed by atoms with Crippen molar-refractivity contribution < 1.29 is 25.8 Å². The molecule has 44 heavy (non-hydrogen) atoms. The number of aryl methyl sites for hydroxylation is 4. The molecule has 0 N–H and O–H groups in total. The van der Waals surface area contributed by atoms with Crippen LogP contribution in [0, 0.1) is 72.4 Å². The summed E-state index contributed by atoms with van der Waals surface area (Å²) in [7, 11) is -1.72. The molecule has 1 aliphatic rings. The number of nitrogens with zero attached hydrogens (tertiary/aromatic N) is 4. The molecule has 229 valence electrons. The summed E-state index contributed by atoms with van der Waals surface area (Å²) in [6, 6.07) is 25.8. The van der Waals surface area contributed by atoms with E-state index in [4.69, 9.17) is 10.2 Å². The van der Waals surface area contributed by atoms with E-state index >= 15 is 0 Å². The Balaban J connectivity index is 0.000000535. The summed E-state index contributed by atoms with van der Waals surface area (Å²) in [6.45, 7) is 29.5. The van der Waals surface area contributed by atoms with Gasteiger partial charge in [0.05, 0.1) is 16.8 Å². The van der Waals surface area contributed by atoms with Gasteiger partial charge in [-0.3, -0.25) is 0 Å². The molecule has 2 aromatic heterocycles. The number of benzene rings is 2. The Bertz CT molecular complexity index is 1300. The van der Waals surface area contributed by atoms with Gasteiger partial charge in [-0.05, 0) is 76.6 Å². The molecular weight excluding hydrogens is 602 g/mol. The van der Waals surface area contributed by atoms with Crippen LogP contribution in [0.4, 0.5) is 0 Å². The van der Waals surface area contributed by atoms with Crippen molar-refractivity contribution in [3.8, 4) is 0 Å². The van der Waals surface area contributed by atoms with E-state index in [1.54, 1.807) is 0 Å². The van der Waals surface area contributed by atoms with E-state index in [0.717, 1.165) is 22.8 Å². The van der Waals surface area contributed by atoms with Gasteiger partial charge >= 0.3 is 25.8 Å². The predicted molar refractivity (Wildman–Crippen MR) is 189 cm³/mol. The second kappa shape index (κ2) is 16.1. The van der Waals surface area contributed by atoms with Crippen LogP contribution in [-0.2, 0) is 31.3 Å². The third-order valence-electron chi connectivity index (χ3n) is 6.52. The van der Waals surface area contributed by atoms with Gasteiger partial charge in [0.15, 0.2) is 6.17 Å². The Kier molecular flexibility index (Phi) is 14.1. The summed E-state index contributed by atoms with van der Waals surface area (Å²) in [4.78, 5) is 0. The fourth-order valence-corrected chi connectivity index (χ4v) is 5.24. The minimum Gasteiger partial charge on any atom is -0.342 e. The van der Waals surface area contributed by atoms with Crippen LogP contribution < -0.4 is 0 Å². The number of hydrogen-bond acceptors (Lipinski definition) is 2. The Labute approximate surface area is 289 Å². The van der Waals surface area contributed by atoms with Crippen LogP contribution in [-0.4, -0.2) is 35.7 Å². The smallest absolute Gasteiger partial charge is 0.342 e. The van der Waals surface area contributed by atoms with Crippen LogP contribution in [0.25, 0.3) is 0 Å². The predicted octanol–water partition coefficient (Wildman–Crippen LogP) is 9.15. The second-order valence-corrected chi connectivity index (χ2v) is 24.2. The van der Waals surface area contributed by atoms with Gasteiger partial charge in [-0.15, -0.1) is 16.1 Å². The first-order valence-electron chi connectivity index (χ1n) is 15.1. The van der Waals surface area contributed by atoms with E-state index in [2.05, 4.69) is 188 Å². The quantitative estimate of drug-likeness (QED) is 0.154. The van der Waals surface area contributed by atoms with Crippen molar-refractivity contribution in [2.45, 2.75) is 78.6 Å². The zero-order chi connectivity index (χ0) is 32.0. The Hall–Kier alpha value is -1.84. The summed E-state index contributed by atoms with van der Waals surface area (Å²) < 4.78 is 4.31. The molecule has 1 aliphatic carbocycles. The SMILES string of the molecule is Cc1cc(C)n(C(n2nc(C)cc2C)C([C]2[CH][CH][CH][CH]2)(c2ccccc2)c2ccccc2)n1.[CH2-][Si](C)(C)C.[CH2-][Si](C)(C)C.[Sc+3]. The van der Waals surface area contributed by atoms with E-state index in [-0.39, 0.29) is 32.0 Å². The summed E-state index contributed by atoms with van der Waals surface area (Å²) in [5, 5.41) is 10.0. The fraction of sp³-hybridized carbons (Fsp3) is 0.324. The van der Waals surface area contributed by atoms with Gasteiger partial charge in [-0.2, -0.15) is 10.2 Å². The maximum atomic E-state index is 5.02. The third-order valence-corrected chi connectivity index (χ3v) is 6.52. The first kappa shape index (κ1) is 38.3. The van der Waals surface area contributed by atoms with E-state index < -0.39 is 21.6 Å². The minimum absolute atomic E-state index is 0. The van der Waals surface area contributed by atoms with Crippen molar-refractivity contribution in [1.82, 2.24) is 19.6 Å². The van der Waals surface area contributed by atoms with Crippen molar-refractivity contribution in [2.75, 3.05) is 0 Å². The molecule has 2 aromatic carbocycles. The molecule has 7 heteroatoms. The average molecular weight is 653 g/mol. The molecular formula is C37H51N4ScSi2+. The molecule has 0 spiro atoms. The molecule has 4 nitrogen and oxygen atoms in total. The molecule has 0 amide bonds. The van der Waals surface area contributed by atoms with Crippen LogP contribution in [0.5, 0.6) is 0 Å². The van der Waals surface area contributed by atoms with Crippen LogP contribution in [0.15, 0.2) is 72.8 Å². The molecule has 4 aromatic rings. The minimum atomic E-state index is -0.861. The monoisotopic (exact) mass is 652 g/mol. The van der Waals surface area contributed by atoms with Crippen LogP contribution in [0.3, 0.4) is 0 Å². The van der Waals surface area contributed by atoms with Crippen molar-refractivity contribution in [3.63, 3.8) is 0 Å². The molecule has 2 heterocycles. The molecule has 5 rings (SSSR count). The normalized spacial score (nSPS) is 13.9. The number of hydrogen-bond donors (Lipinski definition) is 0. The van der Waals surface area contributed by atoms with E-state index in [0.29, 0.717) is 0 Å². The summed E-state index contributed by atoms with van der Waals surface area (Å²) in [5.74, 6) is 1.21. The molecule has 0 atom stereocenters. The summed E-state index contributed by atoms with van der Waals surface area (Å²) >= 11 is 0. The largest absolute Gasteiger partial charge is 3.00 e. The van der Waals surface area contributed by atoms with E-state index in [9.17, 15) is 0 Å². The maximum absolute atomic E-state index is 5.02. The molecule has 1 saturated carbocycles. The molecule has 0 bridgehead atoms. The van der Waals surface area contributed by atoms with Crippen LogP contribution >= 0.6 is 0 Å². The zero-order valence-corrected chi connectivity index (χ0v) is 32.4. The van der Waals surface area contributed by atoms with Gasteiger partial charge in [0.1, 0.15) is 0 Å². The Morgan fingerprint density at radius 2 is 0.932 bits per heavy atom. The van der Waals surface area contributed by atoms with Gasteiger partial charge in [0.2, 0.25) is 0 Å². The van der Waals surface area contributed by atoms with Gasteiger partial charge < -0.3 is 13.1 Å². The molecule has 5 radical (unpaired) electrons. The third kappa shape index (κ3) is 10.3. The van der Waals surface area contributed by atoms with Crippen molar-refractivity contribution >= 4 is 16.1 Å². The zero-order valence-electron chi connectivity index (χ0n) is 28.6. The van der Waals surface area contributed by atoms with Crippen molar-refractivity contribution in [3.05, 3.63) is 151 Å². The first-order chi connectivity index (χ1) is 20.0. The van der Waals surface area contributed by atoms with Crippen molar-refractivity contribution in [1.29, 1.82) is 0 Å². The summed E-state index contributed by atoms with van der Waals surface area (Å²) in [6.07, 6.45) is 8.45. The molecule has 0 saturated heterocycles. The second-order valence-electron chi connectivity index (χ2n) is 14.0. The van der Waals surface area contributed by atoms with Gasteiger partial charge in [0, 0.05) is 17.3 Å². The van der Waals surface area contributed by atoms with E-state index in [1.807, 2.05) is 0 Å². The molecule has 0 aliphatic heterocycles. The van der Waals surface area contributed by atoms with Gasteiger partial charge in [-0.1, -0.05) is 99.9 Å². The number of rotatable bonds is 6. The van der Waals surface area contributed by atoms with Gasteiger partial charge in [-0.25, -0.2) is 9.36 Å². The average Bonchev–Trinajstić information content (AvgIpc) is 3.62. The first-order valence-corrected chi connectivity index (χ1v) is 22.5.